The highest BCUT2D eigenvalue weighted by Crippen LogP contribution is 2.25. The number of hydrogen-bond acceptors (Lipinski definition) is 7. The van der Waals surface area contributed by atoms with Gasteiger partial charge in [0.25, 0.3) is 0 Å². The number of nitrogens with one attached hydrogen (secondary N) is 1. The van der Waals surface area contributed by atoms with Crippen LogP contribution < -0.4 is 5.32 Å². The predicted molar refractivity (Wildman–Crippen MR) is 89.6 cm³/mol. The molecule has 0 bridgehead atoms. The summed E-state index contributed by atoms with van der Waals surface area (Å²) in [5.74, 6) is 0.531. The molecule has 0 aliphatic heterocycles. The first-order valence-corrected chi connectivity index (χ1v) is 8.88. The summed E-state index contributed by atoms with van der Waals surface area (Å²) in [6.45, 7) is 2.07. The Morgan fingerprint density at radius 2 is 2.17 bits per heavy atom. The van der Waals surface area contributed by atoms with E-state index in [1.165, 1.54) is 19.3 Å². The first-order chi connectivity index (χ1) is 11.3. The van der Waals surface area contributed by atoms with Crippen LogP contribution in [0.15, 0.2) is 17.5 Å². The van der Waals surface area contributed by atoms with Gasteiger partial charge in [-0.25, -0.2) is 9.78 Å². The molecule has 1 saturated carbocycles. The van der Waals surface area contributed by atoms with Gasteiger partial charge in [0, 0.05) is 6.04 Å². The van der Waals surface area contributed by atoms with Gasteiger partial charge in [0.05, 0.1) is 11.5 Å². The fourth-order valence-electron chi connectivity index (χ4n) is 2.71. The minimum atomic E-state index is -0.483. The quantitative estimate of drug-likeness (QED) is 0.844. The van der Waals surface area contributed by atoms with E-state index in [4.69, 9.17) is 4.74 Å². The second-order valence-corrected chi connectivity index (χ2v) is 6.46. The Kier molecular flexibility index (Phi) is 5.17. The Morgan fingerprint density at radius 3 is 2.87 bits per heavy atom. The molecule has 1 aliphatic carbocycles. The van der Waals surface area contributed by atoms with Crippen LogP contribution in [0.3, 0.4) is 0 Å². The molecule has 0 spiro atoms. The van der Waals surface area contributed by atoms with Crippen LogP contribution in [0.25, 0.3) is 10.7 Å². The first kappa shape index (κ1) is 15.9. The van der Waals surface area contributed by atoms with Crippen molar-refractivity contribution in [1.82, 2.24) is 15.2 Å². The first-order valence-electron chi connectivity index (χ1n) is 8.00. The van der Waals surface area contributed by atoms with Gasteiger partial charge < -0.3 is 10.1 Å². The van der Waals surface area contributed by atoms with E-state index >= 15 is 0 Å². The van der Waals surface area contributed by atoms with E-state index in [2.05, 4.69) is 20.5 Å². The maximum absolute atomic E-state index is 12.1. The van der Waals surface area contributed by atoms with Gasteiger partial charge in [-0.2, -0.15) is 0 Å². The van der Waals surface area contributed by atoms with E-state index in [1.54, 1.807) is 18.3 Å². The molecule has 122 valence electrons. The largest absolute Gasteiger partial charge is 0.461 e. The van der Waals surface area contributed by atoms with Crippen LogP contribution >= 0.6 is 11.3 Å². The van der Waals surface area contributed by atoms with Gasteiger partial charge in [0.15, 0.2) is 11.6 Å². The number of esters is 1. The lowest BCUT2D eigenvalue weighted by Crippen LogP contribution is -2.25. The lowest BCUT2D eigenvalue weighted by molar-refractivity contribution is 0.0519. The minimum absolute atomic E-state index is 0.165. The second kappa shape index (κ2) is 7.50. The van der Waals surface area contributed by atoms with Gasteiger partial charge in [-0.3, -0.25) is 0 Å². The Morgan fingerprint density at radius 1 is 1.35 bits per heavy atom. The monoisotopic (exact) mass is 332 g/mol. The number of thiophene rings is 1. The molecule has 6 nitrogen and oxygen atoms in total. The molecular formula is C16H20N4O2S. The molecule has 1 N–H and O–H groups in total. The minimum Gasteiger partial charge on any atom is -0.461 e. The van der Waals surface area contributed by atoms with Crippen LogP contribution in [-0.2, 0) is 4.74 Å². The molecule has 3 rings (SSSR count). The summed E-state index contributed by atoms with van der Waals surface area (Å²) >= 11 is 1.55. The molecule has 2 heterocycles. The van der Waals surface area contributed by atoms with Gasteiger partial charge in [-0.1, -0.05) is 25.3 Å². The molecule has 23 heavy (non-hydrogen) atoms. The zero-order valence-electron chi connectivity index (χ0n) is 13.1. The van der Waals surface area contributed by atoms with Crippen LogP contribution in [0.1, 0.15) is 49.5 Å². The van der Waals surface area contributed by atoms with Crippen LogP contribution in [0, 0.1) is 0 Å². The van der Waals surface area contributed by atoms with Crippen molar-refractivity contribution in [2.24, 2.45) is 0 Å². The maximum Gasteiger partial charge on any atom is 0.362 e. The molecule has 0 aromatic carbocycles. The molecule has 7 heteroatoms. The van der Waals surface area contributed by atoms with E-state index in [0.29, 0.717) is 24.3 Å². The standard InChI is InChI=1S/C16H20N4O2S/c1-2-22-16(21)13-15(17-11-7-4-3-5-8-11)18-14(20-19-13)12-9-6-10-23-12/h6,9-11H,2-5,7-8H2,1H3,(H,17,18,20). The highest BCUT2D eigenvalue weighted by Gasteiger charge is 2.22. The average Bonchev–Trinajstić information content (AvgIpc) is 3.10. The van der Waals surface area contributed by atoms with Crippen LogP contribution in [-0.4, -0.2) is 33.8 Å². The Labute approximate surface area is 139 Å². The van der Waals surface area contributed by atoms with Crippen molar-refractivity contribution >= 4 is 23.1 Å². The van der Waals surface area contributed by atoms with Crippen molar-refractivity contribution in [3.63, 3.8) is 0 Å². The maximum atomic E-state index is 12.1. The molecule has 2 aromatic rings. The number of hydrogen-bond donors (Lipinski definition) is 1. The Hall–Kier alpha value is -2.02. The molecular weight excluding hydrogens is 312 g/mol. The van der Waals surface area contributed by atoms with Crippen molar-refractivity contribution in [3.05, 3.63) is 23.2 Å². The fourth-order valence-corrected chi connectivity index (χ4v) is 3.37. The SMILES string of the molecule is CCOC(=O)c1nnc(-c2cccs2)nc1NC1CCCCC1. The Bertz CT molecular complexity index is 654. The summed E-state index contributed by atoms with van der Waals surface area (Å²) < 4.78 is 5.07. The number of carbonyl (C=O) groups excluding carboxylic acids is 1. The number of carbonyl (C=O) groups is 1. The second-order valence-electron chi connectivity index (χ2n) is 5.51. The predicted octanol–water partition coefficient (Wildman–Crippen LogP) is 3.52. The highest BCUT2D eigenvalue weighted by molar-refractivity contribution is 7.13. The molecule has 0 atom stereocenters. The summed E-state index contributed by atoms with van der Waals surface area (Å²) in [7, 11) is 0. The lowest BCUT2D eigenvalue weighted by atomic mass is 9.95. The number of aromatic nitrogens is 3. The molecule has 1 aliphatic rings. The number of rotatable bonds is 5. The summed E-state index contributed by atoms with van der Waals surface area (Å²) in [4.78, 5) is 17.6. The van der Waals surface area contributed by atoms with E-state index in [0.717, 1.165) is 17.7 Å². The van der Waals surface area contributed by atoms with E-state index in [1.807, 2.05) is 17.5 Å². The summed E-state index contributed by atoms with van der Waals surface area (Å²) in [5, 5.41) is 13.5. The topological polar surface area (TPSA) is 77.0 Å². The molecule has 2 aromatic heterocycles. The van der Waals surface area contributed by atoms with Gasteiger partial charge in [-0.15, -0.1) is 21.5 Å². The van der Waals surface area contributed by atoms with Crippen molar-refractivity contribution in [1.29, 1.82) is 0 Å². The van der Waals surface area contributed by atoms with Crippen LogP contribution in [0.5, 0.6) is 0 Å². The van der Waals surface area contributed by atoms with Gasteiger partial charge in [0.1, 0.15) is 0 Å². The Balaban J connectivity index is 1.90. The third kappa shape index (κ3) is 3.85. The number of nitrogens with zero attached hydrogens (tertiary/aromatic N) is 3. The van der Waals surface area contributed by atoms with Crippen molar-refractivity contribution < 1.29 is 9.53 Å². The van der Waals surface area contributed by atoms with E-state index in [9.17, 15) is 4.79 Å². The lowest BCUT2D eigenvalue weighted by Gasteiger charge is -2.23. The third-order valence-corrected chi connectivity index (χ3v) is 4.71. The van der Waals surface area contributed by atoms with Gasteiger partial charge >= 0.3 is 5.97 Å². The van der Waals surface area contributed by atoms with Crippen LogP contribution in [0.2, 0.25) is 0 Å². The molecule has 1 fully saturated rings. The van der Waals surface area contributed by atoms with E-state index < -0.39 is 5.97 Å². The fraction of sp³-hybridized carbons (Fsp3) is 0.500. The zero-order chi connectivity index (χ0) is 16.1. The average molecular weight is 332 g/mol. The highest BCUT2D eigenvalue weighted by atomic mass is 32.1. The molecule has 0 amide bonds. The normalized spacial score (nSPS) is 15.3. The number of anilines is 1. The van der Waals surface area contributed by atoms with Crippen LogP contribution in [0.4, 0.5) is 5.82 Å². The van der Waals surface area contributed by atoms with Crippen molar-refractivity contribution in [3.8, 4) is 10.7 Å². The van der Waals surface area contributed by atoms with E-state index in [-0.39, 0.29) is 5.69 Å². The van der Waals surface area contributed by atoms with Gasteiger partial charge in [-0.05, 0) is 31.2 Å². The van der Waals surface area contributed by atoms with Gasteiger partial charge in [0.2, 0.25) is 5.69 Å². The smallest absolute Gasteiger partial charge is 0.362 e. The zero-order valence-corrected chi connectivity index (χ0v) is 13.9. The third-order valence-electron chi connectivity index (χ3n) is 3.84. The molecule has 0 saturated heterocycles. The molecule has 0 radical (unpaired) electrons. The van der Waals surface area contributed by atoms with Crippen molar-refractivity contribution in [2.75, 3.05) is 11.9 Å². The van der Waals surface area contributed by atoms with Crippen molar-refractivity contribution in [2.45, 2.75) is 45.1 Å². The summed E-state index contributed by atoms with van der Waals surface area (Å²) in [5.41, 5.74) is 0.165. The number of ether oxygens (including phenoxy) is 1. The summed E-state index contributed by atoms with van der Waals surface area (Å²) in [6, 6.07) is 4.21. The molecule has 0 unspecified atom stereocenters. The summed E-state index contributed by atoms with van der Waals surface area (Å²) in [6.07, 6.45) is 5.83.